The Hall–Kier alpha value is -2.44. The summed E-state index contributed by atoms with van der Waals surface area (Å²) in [4.78, 5) is 20.0. The van der Waals surface area contributed by atoms with Crippen molar-refractivity contribution in [2.24, 2.45) is 0 Å². The highest BCUT2D eigenvalue weighted by molar-refractivity contribution is 7.18. The summed E-state index contributed by atoms with van der Waals surface area (Å²) in [5.41, 5.74) is 1.71. The summed E-state index contributed by atoms with van der Waals surface area (Å²) in [5.74, 6) is -1.00. The van der Waals surface area contributed by atoms with Gasteiger partial charge in [0.05, 0.1) is 10.4 Å². The third-order valence-corrected chi connectivity index (χ3v) is 4.05. The summed E-state index contributed by atoms with van der Waals surface area (Å²) in [6.07, 6.45) is 4.61. The number of nitrogens with zero attached hydrogens (tertiary/aromatic N) is 2. The fourth-order valence-electron chi connectivity index (χ4n) is 1.85. The molecule has 2 N–H and O–H groups in total. The molecule has 0 atom stereocenters. The molecule has 0 unspecified atom stereocenters. The number of nitrogens with one attached hydrogen (secondary N) is 1. The summed E-state index contributed by atoms with van der Waals surface area (Å²) < 4.78 is 0. The minimum absolute atomic E-state index is 0.148. The van der Waals surface area contributed by atoms with Crippen LogP contribution in [-0.4, -0.2) is 21.0 Å². The van der Waals surface area contributed by atoms with E-state index in [0.29, 0.717) is 10.2 Å². The lowest BCUT2D eigenvalue weighted by molar-refractivity contribution is 0.0696. The van der Waals surface area contributed by atoms with Crippen LogP contribution in [0.4, 0.5) is 10.8 Å². The van der Waals surface area contributed by atoms with Crippen LogP contribution < -0.4 is 5.32 Å². The maximum Gasteiger partial charge on any atom is 0.337 e. The molecule has 0 spiro atoms. The summed E-state index contributed by atoms with van der Waals surface area (Å²) in [7, 11) is 0. The third-order valence-electron chi connectivity index (χ3n) is 2.85. The number of benzene rings is 1. The summed E-state index contributed by atoms with van der Waals surface area (Å²) in [5, 5.41) is 13.5. The maximum atomic E-state index is 11.0. The molecule has 0 aliphatic rings. The van der Waals surface area contributed by atoms with Gasteiger partial charge in [-0.2, -0.15) is 0 Å². The van der Waals surface area contributed by atoms with Crippen LogP contribution in [0.15, 0.2) is 48.9 Å². The van der Waals surface area contributed by atoms with Gasteiger partial charge in [-0.3, -0.25) is 4.98 Å². The molecular formula is C15H10ClN3O2S. The lowest BCUT2D eigenvalue weighted by atomic mass is 10.2. The first-order chi connectivity index (χ1) is 10.6. The van der Waals surface area contributed by atoms with Crippen LogP contribution in [0.25, 0.3) is 10.4 Å². The fraction of sp³-hybridized carbons (Fsp3) is 0. The molecule has 0 saturated carbocycles. The van der Waals surface area contributed by atoms with E-state index in [1.54, 1.807) is 30.6 Å². The molecule has 0 saturated heterocycles. The van der Waals surface area contributed by atoms with Gasteiger partial charge >= 0.3 is 5.97 Å². The number of hydrogen-bond donors (Lipinski definition) is 2. The van der Waals surface area contributed by atoms with E-state index >= 15 is 0 Å². The van der Waals surface area contributed by atoms with Crippen LogP contribution >= 0.6 is 22.9 Å². The second-order valence-corrected chi connectivity index (χ2v) is 5.90. The van der Waals surface area contributed by atoms with Gasteiger partial charge in [0.1, 0.15) is 0 Å². The average molecular weight is 332 g/mol. The van der Waals surface area contributed by atoms with E-state index in [0.717, 1.165) is 16.1 Å². The summed E-state index contributed by atoms with van der Waals surface area (Å²) in [6.45, 7) is 0. The Labute approximate surface area is 135 Å². The molecule has 3 rings (SSSR count). The summed E-state index contributed by atoms with van der Waals surface area (Å²) >= 11 is 7.35. The van der Waals surface area contributed by atoms with Crippen LogP contribution in [0.5, 0.6) is 0 Å². The predicted octanol–water partition coefficient (Wildman–Crippen LogP) is 4.30. The molecule has 5 nitrogen and oxygen atoms in total. The number of hydrogen-bond acceptors (Lipinski definition) is 5. The summed E-state index contributed by atoms with van der Waals surface area (Å²) in [6, 6.07) is 8.91. The zero-order valence-corrected chi connectivity index (χ0v) is 12.7. The molecule has 0 aliphatic heterocycles. The zero-order valence-electron chi connectivity index (χ0n) is 11.2. The lowest BCUT2D eigenvalue weighted by Crippen LogP contribution is -1.96. The number of aromatic nitrogens is 2. The number of halogens is 1. The van der Waals surface area contributed by atoms with Crippen LogP contribution in [0.1, 0.15) is 10.4 Å². The average Bonchev–Trinajstić information content (AvgIpc) is 2.96. The van der Waals surface area contributed by atoms with Crippen LogP contribution in [0, 0.1) is 0 Å². The van der Waals surface area contributed by atoms with Crippen molar-refractivity contribution in [2.45, 2.75) is 0 Å². The quantitative estimate of drug-likeness (QED) is 0.745. The van der Waals surface area contributed by atoms with Gasteiger partial charge < -0.3 is 10.4 Å². The second kappa shape index (κ2) is 6.13. The molecule has 110 valence electrons. The Morgan fingerprint density at radius 2 is 2.09 bits per heavy atom. The SMILES string of the molecule is O=C(O)c1cncc(-c2cnc(Nc3cccc(Cl)c3)s2)c1. The van der Waals surface area contributed by atoms with Gasteiger partial charge in [0.2, 0.25) is 0 Å². The van der Waals surface area contributed by atoms with Gasteiger partial charge in [-0.1, -0.05) is 29.0 Å². The first kappa shape index (κ1) is 14.5. The van der Waals surface area contributed by atoms with Gasteiger partial charge in [-0.05, 0) is 24.3 Å². The van der Waals surface area contributed by atoms with Crippen molar-refractivity contribution < 1.29 is 9.90 Å². The van der Waals surface area contributed by atoms with E-state index in [9.17, 15) is 4.79 Å². The van der Waals surface area contributed by atoms with E-state index in [-0.39, 0.29) is 5.56 Å². The minimum Gasteiger partial charge on any atom is -0.478 e. The molecule has 7 heteroatoms. The van der Waals surface area contributed by atoms with Crippen LogP contribution in [0.2, 0.25) is 5.02 Å². The Morgan fingerprint density at radius 1 is 1.23 bits per heavy atom. The van der Waals surface area contributed by atoms with Crippen molar-refractivity contribution in [3.8, 4) is 10.4 Å². The minimum atomic E-state index is -1.00. The van der Waals surface area contributed by atoms with Crippen molar-refractivity contribution in [1.29, 1.82) is 0 Å². The molecule has 22 heavy (non-hydrogen) atoms. The van der Waals surface area contributed by atoms with E-state index in [1.165, 1.54) is 17.5 Å². The molecule has 1 aromatic carbocycles. The Balaban J connectivity index is 1.84. The molecule has 0 fully saturated rings. The number of aromatic carboxylic acids is 1. The molecule has 2 heterocycles. The molecule has 0 aliphatic carbocycles. The monoisotopic (exact) mass is 331 g/mol. The number of anilines is 2. The molecule has 0 radical (unpaired) electrons. The van der Waals surface area contributed by atoms with Gasteiger partial charge in [-0.25, -0.2) is 9.78 Å². The topological polar surface area (TPSA) is 75.1 Å². The van der Waals surface area contributed by atoms with E-state index in [1.807, 2.05) is 12.1 Å². The number of thiazole rings is 1. The van der Waals surface area contributed by atoms with Crippen molar-refractivity contribution in [3.63, 3.8) is 0 Å². The number of carbonyl (C=O) groups is 1. The van der Waals surface area contributed by atoms with Crippen LogP contribution in [-0.2, 0) is 0 Å². The lowest BCUT2D eigenvalue weighted by Gasteiger charge is -2.02. The maximum absolute atomic E-state index is 11.0. The Kier molecular flexibility index (Phi) is 4.04. The van der Waals surface area contributed by atoms with Gasteiger partial charge in [-0.15, -0.1) is 0 Å². The molecular weight excluding hydrogens is 322 g/mol. The Bertz CT molecular complexity index is 835. The van der Waals surface area contributed by atoms with Crippen LogP contribution in [0.3, 0.4) is 0 Å². The van der Waals surface area contributed by atoms with E-state index < -0.39 is 5.97 Å². The highest BCUT2D eigenvalue weighted by Gasteiger charge is 2.09. The smallest absolute Gasteiger partial charge is 0.337 e. The second-order valence-electron chi connectivity index (χ2n) is 4.43. The Morgan fingerprint density at radius 3 is 2.86 bits per heavy atom. The van der Waals surface area contributed by atoms with E-state index in [4.69, 9.17) is 16.7 Å². The standard InChI is InChI=1S/C15H10ClN3O2S/c16-11-2-1-3-12(5-11)19-15-18-8-13(22-15)9-4-10(14(20)21)7-17-6-9/h1-8H,(H,18,19)(H,20,21). The van der Waals surface area contributed by atoms with Crippen molar-refractivity contribution >= 4 is 39.7 Å². The first-order valence-corrected chi connectivity index (χ1v) is 7.48. The molecule has 0 bridgehead atoms. The molecule has 3 aromatic rings. The van der Waals surface area contributed by atoms with Gasteiger partial charge in [0, 0.05) is 34.9 Å². The fourth-order valence-corrected chi connectivity index (χ4v) is 2.85. The zero-order chi connectivity index (χ0) is 15.5. The van der Waals surface area contributed by atoms with E-state index in [2.05, 4.69) is 15.3 Å². The highest BCUT2D eigenvalue weighted by Crippen LogP contribution is 2.31. The largest absolute Gasteiger partial charge is 0.478 e. The van der Waals surface area contributed by atoms with Crippen molar-refractivity contribution in [1.82, 2.24) is 9.97 Å². The van der Waals surface area contributed by atoms with Crippen molar-refractivity contribution in [2.75, 3.05) is 5.32 Å². The number of carboxylic acid groups (broad SMARTS) is 1. The molecule has 2 aromatic heterocycles. The first-order valence-electron chi connectivity index (χ1n) is 6.29. The number of rotatable bonds is 4. The van der Waals surface area contributed by atoms with Gasteiger partial charge in [0.25, 0.3) is 0 Å². The number of carboxylic acids is 1. The normalized spacial score (nSPS) is 10.4. The van der Waals surface area contributed by atoms with Crippen molar-refractivity contribution in [3.05, 3.63) is 59.5 Å². The third kappa shape index (κ3) is 3.24. The predicted molar refractivity (Wildman–Crippen MR) is 87.0 cm³/mol. The molecule has 0 amide bonds. The van der Waals surface area contributed by atoms with Gasteiger partial charge in [0.15, 0.2) is 5.13 Å². The highest BCUT2D eigenvalue weighted by atomic mass is 35.5. The number of pyridine rings is 1.